The molecular formula is C16H16BN5O. The Bertz CT molecular complexity index is 844. The average Bonchev–Trinajstić information content (AvgIpc) is 2.89. The first-order chi connectivity index (χ1) is 11.0. The molecule has 0 aliphatic carbocycles. The number of fused-ring (bicyclic) bond motifs is 1. The van der Waals surface area contributed by atoms with Crippen LogP contribution < -0.4 is 16.1 Å². The third-order valence-corrected chi connectivity index (χ3v) is 3.23. The van der Waals surface area contributed by atoms with Gasteiger partial charge in [-0.05, 0) is 19.3 Å². The number of nitrogens with one attached hydrogen (secondary N) is 2. The zero-order chi connectivity index (χ0) is 16.4. The van der Waals surface area contributed by atoms with Crippen LogP contribution in [0.2, 0.25) is 0 Å². The Morgan fingerprint density at radius 2 is 2.00 bits per heavy atom. The normalized spacial score (nSPS) is 10.9. The summed E-state index contributed by atoms with van der Waals surface area (Å²) in [7, 11) is 5.93. The number of carbonyl (C=O) groups is 1. The van der Waals surface area contributed by atoms with Gasteiger partial charge in [-0.2, -0.15) is 9.61 Å². The molecule has 7 heteroatoms. The average molecular weight is 305 g/mol. The smallest absolute Gasteiger partial charge is 0.320 e. The van der Waals surface area contributed by atoms with E-state index in [2.05, 4.69) is 20.7 Å². The number of hydrogen-bond acceptors (Lipinski definition) is 3. The first-order valence-electron chi connectivity index (χ1n) is 7.32. The van der Waals surface area contributed by atoms with Gasteiger partial charge in [-0.3, -0.25) is 5.32 Å². The number of rotatable bonds is 3. The van der Waals surface area contributed by atoms with Crippen LogP contribution in [0.25, 0.3) is 16.9 Å². The summed E-state index contributed by atoms with van der Waals surface area (Å²) in [5.41, 5.74) is 2.61. The van der Waals surface area contributed by atoms with E-state index in [9.17, 15) is 4.79 Å². The summed E-state index contributed by atoms with van der Waals surface area (Å²) in [6.45, 7) is 3.78. The molecule has 0 atom stereocenters. The molecule has 2 radical (unpaired) electrons. The molecule has 0 saturated carbocycles. The zero-order valence-corrected chi connectivity index (χ0v) is 12.9. The Balaban J connectivity index is 2.07. The first kappa shape index (κ1) is 15.1. The molecule has 0 bridgehead atoms. The fraction of sp³-hybridized carbons (Fsp3) is 0.188. The molecule has 6 nitrogen and oxygen atoms in total. The number of nitrogens with zero attached hydrogens (tertiary/aromatic N) is 3. The minimum Gasteiger partial charge on any atom is -0.336 e. The minimum atomic E-state index is -0.305. The molecule has 3 aromatic rings. The van der Waals surface area contributed by atoms with Crippen LogP contribution in [0, 0.1) is 0 Å². The van der Waals surface area contributed by atoms with Gasteiger partial charge >= 0.3 is 6.03 Å². The topological polar surface area (TPSA) is 71.3 Å². The number of urea groups is 1. The van der Waals surface area contributed by atoms with Crippen molar-refractivity contribution in [2.75, 3.05) is 5.32 Å². The molecule has 0 saturated heterocycles. The third-order valence-electron chi connectivity index (χ3n) is 3.23. The van der Waals surface area contributed by atoms with E-state index in [4.69, 9.17) is 7.85 Å². The summed E-state index contributed by atoms with van der Waals surface area (Å²) in [5, 5.41) is 9.75. The van der Waals surface area contributed by atoms with Crippen molar-refractivity contribution in [3.05, 3.63) is 42.6 Å². The van der Waals surface area contributed by atoms with Crippen LogP contribution in [0.15, 0.2) is 42.6 Å². The molecule has 23 heavy (non-hydrogen) atoms. The van der Waals surface area contributed by atoms with E-state index in [0.717, 1.165) is 5.56 Å². The van der Waals surface area contributed by atoms with Gasteiger partial charge in [0.15, 0.2) is 5.65 Å². The van der Waals surface area contributed by atoms with Gasteiger partial charge in [0.1, 0.15) is 13.7 Å². The summed E-state index contributed by atoms with van der Waals surface area (Å²) >= 11 is 0. The monoisotopic (exact) mass is 305 g/mol. The molecular weight excluding hydrogens is 289 g/mol. The fourth-order valence-electron chi connectivity index (χ4n) is 2.24. The maximum absolute atomic E-state index is 12.0. The number of carbonyl (C=O) groups excluding carboxylic acids is 1. The third kappa shape index (κ3) is 3.18. The molecule has 3 rings (SSSR count). The van der Waals surface area contributed by atoms with Crippen LogP contribution in [-0.2, 0) is 0 Å². The highest BCUT2D eigenvalue weighted by atomic mass is 16.2. The molecule has 0 aliphatic rings. The van der Waals surface area contributed by atoms with Gasteiger partial charge in [-0.1, -0.05) is 30.3 Å². The molecule has 0 aliphatic heterocycles. The second-order valence-corrected chi connectivity index (χ2v) is 5.48. The van der Waals surface area contributed by atoms with E-state index < -0.39 is 0 Å². The maximum Gasteiger partial charge on any atom is 0.320 e. The predicted octanol–water partition coefficient (Wildman–Crippen LogP) is 1.72. The van der Waals surface area contributed by atoms with E-state index >= 15 is 0 Å². The quantitative estimate of drug-likeness (QED) is 0.724. The summed E-state index contributed by atoms with van der Waals surface area (Å²) in [6, 6.07) is 11.2. The molecule has 0 spiro atoms. The van der Waals surface area contributed by atoms with E-state index in [0.29, 0.717) is 22.6 Å². The lowest BCUT2D eigenvalue weighted by molar-refractivity contribution is 0.250. The Labute approximate surface area is 135 Å². The lowest BCUT2D eigenvalue weighted by atomic mass is 10.0. The van der Waals surface area contributed by atoms with E-state index in [1.165, 1.54) is 10.7 Å². The van der Waals surface area contributed by atoms with Crippen LogP contribution in [0.3, 0.4) is 0 Å². The minimum absolute atomic E-state index is 0.0311. The van der Waals surface area contributed by atoms with Crippen molar-refractivity contribution in [3.63, 3.8) is 0 Å². The first-order valence-corrected chi connectivity index (χ1v) is 7.32. The molecule has 0 unspecified atom stereocenters. The second kappa shape index (κ2) is 6.12. The summed E-state index contributed by atoms with van der Waals surface area (Å²) in [6.07, 6.45) is 1.52. The van der Waals surface area contributed by atoms with Crippen molar-refractivity contribution in [3.8, 4) is 11.3 Å². The van der Waals surface area contributed by atoms with Gasteiger partial charge in [0.05, 0.1) is 5.69 Å². The van der Waals surface area contributed by atoms with E-state index in [-0.39, 0.29) is 12.1 Å². The second-order valence-electron chi connectivity index (χ2n) is 5.48. The molecule has 0 fully saturated rings. The van der Waals surface area contributed by atoms with Crippen molar-refractivity contribution in [2.45, 2.75) is 19.9 Å². The molecule has 2 heterocycles. The highest BCUT2D eigenvalue weighted by molar-refractivity contribution is 6.36. The van der Waals surface area contributed by atoms with Crippen molar-refractivity contribution < 1.29 is 4.79 Å². The zero-order valence-electron chi connectivity index (χ0n) is 12.9. The summed E-state index contributed by atoms with van der Waals surface area (Å²) < 4.78 is 1.52. The fourth-order valence-corrected chi connectivity index (χ4v) is 2.24. The number of amides is 2. The summed E-state index contributed by atoms with van der Waals surface area (Å²) in [5.74, 6) is 0.503. The molecule has 2 N–H and O–H groups in total. The SMILES string of the molecule is [B]c1cnn2c(NC(=O)NC(C)C)cc(-c3ccccc3)nc12. The highest BCUT2D eigenvalue weighted by Crippen LogP contribution is 2.21. The van der Waals surface area contributed by atoms with E-state index in [1.807, 2.05) is 44.2 Å². The van der Waals surface area contributed by atoms with Crippen molar-refractivity contribution in [2.24, 2.45) is 0 Å². The molecule has 2 aromatic heterocycles. The largest absolute Gasteiger partial charge is 0.336 e. The van der Waals surface area contributed by atoms with Gasteiger partial charge in [-0.25, -0.2) is 9.78 Å². The number of anilines is 1. The van der Waals surface area contributed by atoms with Crippen LogP contribution >= 0.6 is 0 Å². The number of hydrogen-bond donors (Lipinski definition) is 2. The molecule has 1 aromatic carbocycles. The van der Waals surface area contributed by atoms with Gasteiger partial charge in [-0.15, -0.1) is 0 Å². The standard InChI is InChI=1S/C16H16BN5O/c1-10(2)19-16(23)21-14-8-13(11-6-4-3-5-7-11)20-15-12(17)9-18-22(14)15/h3-10H,1-2H3,(H2,19,21,23). The maximum atomic E-state index is 12.0. The van der Waals surface area contributed by atoms with Gasteiger partial charge < -0.3 is 5.32 Å². The Morgan fingerprint density at radius 3 is 2.70 bits per heavy atom. The highest BCUT2D eigenvalue weighted by Gasteiger charge is 2.12. The van der Waals surface area contributed by atoms with E-state index in [1.54, 1.807) is 6.07 Å². The van der Waals surface area contributed by atoms with Crippen molar-refractivity contribution >= 4 is 30.8 Å². The predicted molar refractivity (Wildman–Crippen MR) is 91.1 cm³/mol. The lowest BCUT2D eigenvalue weighted by Crippen LogP contribution is -2.34. The summed E-state index contributed by atoms with van der Waals surface area (Å²) in [4.78, 5) is 16.5. The molecule has 2 amide bonds. The Hall–Kier alpha value is -2.83. The van der Waals surface area contributed by atoms with Crippen LogP contribution in [-0.4, -0.2) is 34.5 Å². The Morgan fingerprint density at radius 1 is 1.26 bits per heavy atom. The number of benzene rings is 1. The van der Waals surface area contributed by atoms with Crippen LogP contribution in [0.1, 0.15) is 13.8 Å². The van der Waals surface area contributed by atoms with Gasteiger partial charge in [0.25, 0.3) is 0 Å². The van der Waals surface area contributed by atoms with Crippen molar-refractivity contribution in [1.29, 1.82) is 0 Å². The lowest BCUT2D eigenvalue weighted by Gasteiger charge is -2.12. The number of aromatic nitrogens is 3. The van der Waals surface area contributed by atoms with Crippen LogP contribution in [0.5, 0.6) is 0 Å². The molecule has 114 valence electrons. The van der Waals surface area contributed by atoms with Crippen LogP contribution in [0.4, 0.5) is 10.6 Å². The van der Waals surface area contributed by atoms with Gasteiger partial charge in [0, 0.05) is 23.9 Å². The Kier molecular flexibility index (Phi) is 4.01. The van der Waals surface area contributed by atoms with Crippen molar-refractivity contribution in [1.82, 2.24) is 19.9 Å². The van der Waals surface area contributed by atoms with Gasteiger partial charge in [0.2, 0.25) is 0 Å².